The number of hydrogen-bond donors (Lipinski definition) is 1. The normalized spacial score (nSPS) is 10.3. The lowest BCUT2D eigenvalue weighted by Crippen LogP contribution is -2.25. The van der Waals surface area contributed by atoms with Crippen LogP contribution < -0.4 is 5.32 Å². The number of amides is 1. The zero-order chi connectivity index (χ0) is 15.2. The van der Waals surface area contributed by atoms with Crippen molar-refractivity contribution >= 4 is 23.2 Å². The van der Waals surface area contributed by atoms with Gasteiger partial charge in [0.15, 0.2) is 0 Å². The van der Waals surface area contributed by atoms with Crippen LogP contribution in [-0.2, 0) is 6.42 Å². The molecule has 0 radical (unpaired) electrons. The lowest BCUT2D eigenvalue weighted by molar-refractivity contribution is -0.384. The summed E-state index contributed by atoms with van der Waals surface area (Å²) in [4.78, 5) is 22.0. The smallest absolute Gasteiger partial charge is 0.270 e. The van der Waals surface area contributed by atoms with Crippen LogP contribution in [0.5, 0.6) is 0 Å². The minimum Gasteiger partial charge on any atom is -0.469 e. The van der Waals surface area contributed by atoms with E-state index < -0.39 is 4.92 Å². The average Bonchev–Trinajstić information content (AvgIpc) is 2.96. The number of benzene rings is 1. The molecule has 0 fully saturated rings. The first kappa shape index (κ1) is 15.1. The SMILES string of the molecule is O=C(NCCCc1ccco1)c1ccc([N+](=O)[O-])cc1Cl. The number of carbonyl (C=O) groups is 1. The molecule has 0 aliphatic rings. The van der Waals surface area contributed by atoms with Gasteiger partial charge in [0.05, 0.1) is 21.8 Å². The fourth-order valence-electron chi connectivity index (χ4n) is 1.82. The summed E-state index contributed by atoms with van der Waals surface area (Å²) in [6.45, 7) is 0.465. The van der Waals surface area contributed by atoms with Gasteiger partial charge in [0.1, 0.15) is 5.76 Å². The Morgan fingerprint density at radius 2 is 2.19 bits per heavy atom. The standard InChI is InChI=1S/C14H13ClN2O4/c15-13-9-10(17(19)20)5-6-12(13)14(18)16-7-1-3-11-4-2-8-21-11/h2,4-6,8-9H,1,3,7H2,(H,16,18). The Balaban J connectivity index is 1.87. The first-order valence-electron chi connectivity index (χ1n) is 6.32. The van der Waals surface area contributed by atoms with Crippen molar-refractivity contribution in [3.63, 3.8) is 0 Å². The predicted molar refractivity (Wildman–Crippen MR) is 77.5 cm³/mol. The van der Waals surface area contributed by atoms with E-state index in [1.54, 1.807) is 6.26 Å². The predicted octanol–water partition coefficient (Wildman–Crippen LogP) is 3.20. The quantitative estimate of drug-likeness (QED) is 0.504. The summed E-state index contributed by atoms with van der Waals surface area (Å²) >= 11 is 5.88. The van der Waals surface area contributed by atoms with E-state index in [9.17, 15) is 14.9 Å². The van der Waals surface area contributed by atoms with Crippen LogP contribution in [0.4, 0.5) is 5.69 Å². The summed E-state index contributed by atoms with van der Waals surface area (Å²) in [6, 6.07) is 7.45. The Hall–Kier alpha value is -2.34. The lowest BCUT2D eigenvalue weighted by Gasteiger charge is -2.06. The maximum Gasteiger partial charge on any atom is 0.270 e. The van der Waals surface area contributed by atoms with Crippen LogP contribution in [0.25, 0.3) is 0 Å². The minimum atomic E-state index is -0.559. The molecule has 1 N–H and O–H groups in total. The molecule has 0 bridgehead atoms. The number of nitrogens with one attached hydrogen (secondary N) is 1. The summed E-state index contributed by atoms with van der Waals surface area (Å²) < 4.78 is 5.18. The maximum absolute atomic E-state index is 11.9. The number of carbonyl (C=O) groups excluding carboxylic acids is 1. The molecule has 0 spiro atoms. The molecule has 2 rings (SSSR count). The Labute approximate surface area is 125 Å². The second-order valence-electron chi connectivity index (χ2n) is 4.36. The largest absolute Gasteiger partial charge is 0.469 e. The third-order valence-electron chi connectivity index (χ3n) is 2.87. The molecular formula is C14H13ClN2O4. The van der Waals surface area contributed by atoms with Crippen LogP contribution in [0.15, 0.2) is 41.0 Å². The first-order chi connectivity index (χ1) is 10.1. The van der Waals surface area contributed by atoms with E-state index in [4.69, 9.17) is 16.0 Å². The summed E-state index contributed by atoms with van der Waals surface area (Å²) in [7, 11) is 0. The van der Waals surface area contributed by atoms with E-state index >= 15 is 0 Å². The topological polar surface area (TPSA) is 85.4 Å². The molecule has 2 aromatic rings. The Kier molecular flexibility index (Phi) is 4.94. The van der Waals surface area contributed by atoms with E-state index in [0.29, 0.717) is 6.54 Å². The number of nitrogens with zero attached hydrogens (tertiary/aromatic N) is 1. The third kappa shape index (κ3) is 4.06. The second-order valence-corrected chi connectivity index (χ2v) is 4.77. The van der Waals surface area contributed by atoms with Gasteiger partial charge >= 0.3 is 0 Å². The van der Waals surface area contributed by atoms with Crippen molar-refractivity contribution in [2.24, 2.45) is 0 Å². The highest BCUT2D eigenvalue weighted by Gasteiger charge is 2.14. The van der Waals surface area contributed by atoms with Crippen LogP contribution in [-0.4, -0.2) is 17.4 Å². The Morgan fingerprint density at radius 1 is 1.38 bits per heavy atom. The Morgan fingerprint density at radius 3 is 2.81 bits per heavy atom. The van der Waals surface area contributed by atoms with Crippen LogP contribution >= 0.6 is 11.6 Å². The highest BCUT2D eigenvalue weighted by molar-refractivity contribution is 6.34. The lowest BCUT2D eigenvalue weighted by atomic mass is 10.2. The molecule has 0 saturated heterocycles. The number of furan rings is 1. The minimum absolute atomic E-state index is 0.0627. The van der Waals surface area contributed by atoms with E-state index in [1.165, 1.54) is 18.2 Å². The number of aryl methyl sites for hydroxylation is 1. The van der Waals surface area contributed by atoms with Gasteiger partial charge in [-0.25, -0.2) is 0 Å². The van der Waals surface area contributed by atoms with E-state index in [1.807, 2.05) is 12.1 Å². The molecule has 1 amide bonds. The summed E-state index contributed by atoms with van der Waals surface area (Å²) in [5.41, 5.74) is 0.0784. The molecule has 1 aromatic heterocycles. The van der Waals surface area contributed by atoms with Gasteiger partial charge in [-0.15, -0.1) is 0 Å². The third-order valence-corrected chi connectivity index (χ3v) is 3.19. The second kappa shape index (κ2) is 6.90. The van der Waals surface area contributed by atoms with Crippen LogP contribution in [0, 0.1) is 10.1 Å². The molecule has 7 heteroatoms. The number of hydrogen-bond acceptors (Lipinski definition) is 4. The maximum atomic E-state index is 11.9. The van der Waals surface area contributed by atoms with Crippen molar-refractivity contribution < 1.29 is 14.1 Å². The van der Waals surface area contributed by atoms with E-state index in [-0.39, 0.29) is 22.2 Å². The highest BCUT2D eigenvalue weighted by atomic mass is 35.5. The fraction of sp³-hybridized carbons (Fsp3) is 0.214. The van der Waals surface area contributed by atoms with Gasteiger partial charge in [-0.1, -0.05) is 11.6 Å². The molecule has 0 atom stereocenters. The molecule has 1 aromatic carbocycles. The summed E-state index contributed by atoms with van der Waals surface area (Å²) in [5.74, 6) is 0.506. The van der Waals surface area contributed by atoms with Crippen LogP contribution in [0.3, 0.4) is 0 Å². The number of rotatable bonds is 6. The van der Waals surface area contributed by atoms with E-state index in [0.717, 1.165) is 18.6 Å². The van der Waals surface area contributed by atoms with Crippen molar-refractivity contribution in [3.8, 4) is 0 Å². The molecule has 1 heterocycles. The van der Waals surface area contributed by atoms with Crippen molar-refractivity contribution in [2.75, 3.05) is 6.54 Å². The fourth-order valence-corrected chi connectivity index (χ4v) is 2.08. The van der Waals surface area contributed by atoms with Crippen molar-refractivity contribution in [3.05, 3.63) is 63.1 Å². The first-order valence-corrected chi connectivity index (χ1v) is 6.70. The molecule has 0 aliphatic heterocycles. The number of halogens is 1. The molecular weight excluding hydrogens is 296 g/mol. The van der Waals surface area contributed by atoms with E-state index in [2.05, 4.69) is 5.32 Å². The monoisotopic (exact) mass is 308 g/mol. The molecule has 21 heavy (non-hydrogen) atoms. The van der Waals surface area contributed by atoms with Crippen molar-refractivity contribution in [2.45, 2.75) is 12.8 Å². The van der Waals surface area contributed by atoms with Gasteiger partial charge in [0.2, 0.25) is 0 Å². The number of non-ortho nitro benzene ring substituents is 1. The molecule has 0 saturated carbocycles. The van der Waals surface area contributed by atoms with Crippen molar-refractivity contribution in [1.82, 2.24) is 5.32 Å². The number of nitro groups is 1. The molecule has 6 nitrogen and oxygen atoms in total. The molecule has 110 valence electrons. The van der Waals surface area contributed by atoms with Gasteiger partial charge < -0.3 is 9.73 Å². The molecule has 0 unspecified atom stereocenters. The van der Waals surface area contributed by atoms with Crippen LogP contribution in [0.1, 0.15) is 22.5 Å². The summed E-state index contributed by atoms with van der Waals surface area (Å²) in [5, 5.41) is 13.4. The van der Waals surface area contributed by atoms with Gasteiger partial charge in [-0.3, -0.25) is 14.9 Å². The van der Waals surface area contributed by atoms with Gasteiger partial charge in [-0.05, 0) is 24.6 Å². The number of nitro benzene ring substituents is 1. The average molecular weight is 309 g/mol. The molecule has 0 aliphatic carbocycles. The van der Waals surface area contributed by atoms with Gasteiger partial charge in [-0.2, -0.15) is 0 Å². The van der Waals surface area contributed by atoms with Crippen molar-refractivity contribution in [1.29, 1.82) is 0 Å². The summed E-state index contributed by atoms with van der Waals surface area (Å²) in [6.07, 6.45) is 3.05. The zero-order valence-electron chi connectivity index (χ0n) is 11.0. The Bertz CT molecular complexity index is 640. The zero-order valence-corrected chi connectivity index (χ0v) is 11.8. The van der Waals surface area contributed by atoms with Gasteiger partial charge in [0.25, 0.3) is 11.6 Å². The highest BCUT2D eigenvalue weighted by Crippen LogP contribution is 2.22. The van der Waals surface area contributed by atoms with Crippen LogP contribution in [0.2, 0.25) is 5.02 Å². The van der Waals surface area contributed by atoms with Gasteiger partial charge in [0, 0.05) is 25.1 Å².